The lowest BCUT2D eigenvalue weighted by Crippen LogP contribution is -2.33. The van der Waals surface area contributed by atoms with Crippen LogP contribution in [0.4, 0.5) is 0 Å². The number of ether oxygens (including phenoxy) is 1. The molecule has 22 heavy (non-hydrogen) atoms. The van der Waals surface area contributed by atoms with Crippen LogP contribution in [-0.2, 0) is 9.53 Å². The van der Waals surface area contributed by atoms with Gasteiger partial charge in [-0.2, -0.15) is 5.26 Å². The van der Waals surface area contributed by atoms with E-state index in [4.69, 9.17) is 5.26 Å². The number of rotatable bonds is 4. The highest BCUT2D eigenvalue weighted by Gasteiger charge is 2.19. The van der Waals surface area contributed by atoms with Crippen LogP contribution in [-0.4, -0.2) is 25.0 Å². The van der Waals surface area contributed by atoms with E-state index in [1.807, 2.05) is 6.07 Å². The van der Waals surface area contributed by atoms with Crippen molar-refractivity contribution in [3.05, 3.63) is 41.0 Å². The first kappa shape index (κ1) is 15.8. The zero-order chi connectivity index (χ0) is 15.9. The van der Waals surface area contributed by atoms with Crippen molar-refractivity contribution >= 4 is 18.0 Å². The number of benzene rings is 1. The molecule has 0 aliphatic heterocycles. The van der Waals surface area contributed by atoms with E-state index in [-0.39, 0.29) is 17.5 Å². The molecule has 0 atom stereocenters. The minimum Gasteiger partial charge on any atom is -0.465 e. The summed E-state index contributed by atoms with van der Waals surface area (Å²) in [4.78, 5) is 23.4. The van der Waals surface area contributed by atoms with Crippen LogP contribution < -0.4 is 5.32 Å². The summed E-state index contributed by atoms with van der Waals surface area (Å²) >= 11 is 0. The van der Waals surface area contributed by atoms with E-state index in [2.05, 4.69) is 10.1 Å². The summed E-state index contributed by atoms with van der Waals surface area (Å²) in [6.07, 6.45) is 5.69. The zero-order valence-corrected chi connectivity index (χ0v) is 12.5. The van der Waals surface area contributed by atoms with Gasteiger partial charge in [0.1, 0.15) is 11.6 Å². The third-order valence-corrected chi connectivity index (χ3v) is 3.70. The molecule has 1 amide bonds. The van der Waals surface area contributed by atoms with Gasteiger partial charge in [-0.3, -0.25) is 4.79 Å². The van der Waals surface area contributed by atoms with Gasteiger partial charge in [0.15, 0.2) is 0 Å². The number of methoxy groups -OCH3 is 1. The van der Waals surface area contributed by atoms with E-state index < -0.39 is 5.97 Å². The molecule has 1 saturated carbocycles. The zero-order valence-electron chi connectivity index (χ0n) is 12.5. The standard InChI is InChI=1S/C17H18N2O3/c1-22-17(21)13-8-6-12(7-9-13)10-14(11-18)16(20)19-15-4-2-3-5-15/h6-10,15H,2-5H2,1H3,(H,19,20). The molecule has 0 aromatic heterocycles. The Labute approximate surface area is 129 Å². The largest absolute Gasteiger partial charge is 0.465 e. The number of nitriles is 1. The number of hydrogen-bond donors (Lipinski definition) is 1. The summed E-state index contributed by atoms with van der Waals surface area (Å²) in [6, 6.07) is 8.65. The van der Waals surface area contributed by atoms with Crippen LogP contribution in [0.3, 0.4) is 0 Å². The number of hydrogen-bond acceptors (Lipinski definition) is 4. The van der Waals surface area contributed by atoms with Gasteiger partial charge in [-0.15, -0.1) is 0 Å². The Balaban J connectivity index is 2.09. The Hall–Kier alpha value is -2.61. The van der Waals surface area contributed by atoms with Crippen LogP contribution in [0.2, 0.25) is 0 Å². The minimum absolute atomic E-state index is 0.0673. The summed E-state index contributed by atoms with van der Waals surface area (Å²) in [6.45, 7) is 0. The van der Waals surface area contributed by atoms with Gasteiger partial charge in [0.25, 0.3) is 5.91 Å². The van der Waals surface area contributed by atoms with Crippen molar-refractivity contribution in [1.29, 1.82) is 5.26 Å². The van der Waals surface area contributed by atoms with Crippen molar-refractivity contribution in [2.45, 2.75) is 31.7 Å². The summed E-state index contributed by atoms with van der Waals surface area (Å²) in [7, 11) is 1.32. The smallest absolute Gasteiger partial charge is 0.337 e. The SMILES string of the molecule is COC(=O)c1ccc(C=C(C#N)C(=O)NC2CCCC2)cc1. The maximum absolute atomic E-state index is 12.1. The van der Waals surface area contributed by atoms with Gasteiger partial charge in [0.05, 0.1) is 12.7 Å². The Kier molecular flexibility index (Phi) is 5.31. The van der Waals surface area contributed by atoms with Crippen molar-refractivity contribution in [3.8, 4) is 6.07 Å². The minimum atomic E-state index is -0.421. The molecule has 5 heteroatoms. The van der Waals surface area contributed by atoms with Gasteiger partial charge < -0.3 is 10.1 Å². The molecule has 1 aliphatic rings. The van der Waals surface area contributed by atoms with Crippen molar-refractivity contribution in [2.75, 3.05) is 7.11 Å². The molecule has 114 valence electrons. The summed E-state index contributed by atoms with van der Waals surface area (Å²) < 4.78 is 4.62. The Morgan fingerprint density at radius 1 is 1.27 bits per heavy atom. The Bertz CT molecular complexity index is 620. The number of carbonyl (C=O) groups excluding carboxylic acids is 2. The molecular formula is C17H18N2O3. The monoisotopic (exact) mass is 298 g/mol. The average molecular weight is 298 g/mol. The second-order valence-electron chi connectivity index (χ2n) is 5.24. The third-order valence-electron chi connectivity index (χ3n) is 3.70. The van der Waals surface area contributed by atoms with E-state index >= 15 is 0 Å². The van der Waals surface area contributed by atoms with Crippen LogP contribution in [0.15, 0.2) is 29.8 Å². The first-order valence-electron chi connectivity index (χ1n) is 7.25. The number of amides is 1. The van der Waals surface area contributed by atoms with Crippen LogP contribution >= 0.6 is 0 Å². The number of esters is 1. The number of nitrogens with one attached hydrogen (secondary N) is 1. The molecular weight excluding hydrogens is 280 g/mol. The van der Waals surface area contributed by atoms with Crippen LogP contribution in [0.1, 0.15) is 41.6 Å². The number of carbonyl (C=O) groups is 2. The molecule has 1 fully saturated rings. The van der Waals surface area contributed by atoms with Gasteiger partial charge in [-0.1, -0.05) is 25.0 Å². The first-order chi connectivity index (χ1) is 10.6. The predicted octanol–water partition coefficient (Wildman–Crippen LogP) is 2.44. The molecule has 1 N–H and O–H groups in total. The Morgan fingerprint density at radius 3 is 2.45 bits per heavy atom. The second-order valence-corrected chi connectivity index (χ2v) is 5.24. The highest BCUT2D eigenvalue weighted by molar-refractivity contribution is 6.02. The fourth-order valence-electron chi connectivity index (χ4n) is 2.48. The molecule has 0 heterocycles. The summed E-state index contributed by atoms with van der Waals surface area (Å²) in [5.74, 6) is -0.763. The van der Waals surface area contributed by atoms with Crippen molar-refractivity contribution in [2.24, 2.45) is 0 Å². The molecule has 5 nitrogen and oxygen atoms in total. The quantitative estimate of drug-likeness (QED) is 0.526. The molecule has 1 aromatic carbocycles. The van der Waals surface area contributed by atoms with Gasteiger partial charge in [-0.05, 0) is 36.6 Å². The fraction of sp³-hybridized carbons (Fsp3) is 0.353. The second kappa shape index (κ2) is 7.41. The van der Waals surface area contributed by atoms with Gasteiger partial charge in [0.2, 0.25) is 0 Å². The van der Waals surface area contributed by atoms with E-state index in [9.17, 15) is 9.59 Å². The highest BCUT2D eigenvalue weighted by Crippen LogP contribution is 2.18. The normalized spacial score (nSPS) is 15.2. The maximum Gasteiger partial charge on any atom is 0.337 e. The van der Waals surface area contributed by atoms with E-state index in [0.717, 1.165) is 25.7 Å². The van der Waals surface area contributed by atoms with Crippen molar-refractivity contribution < 1.29 is 14.3 Å². The molecule has 0 unspecified atom stereocenters. The molecule has 0 spiro atoms. The lowest BCUT2D eigenvalue weighted by Gasteiger charge is -2.10. The van der Waals surface area contributed by atoms with Crippen LogP contribution in [0.25, 0.3) is 6.08 Å². The lowest BCUT2D eigenvalue weighted by atomic mass is 10.1. The fourth-order valence-corrected chi connectivity index (χ4v) is 2.48. The topological polar surface area (TPSA) is 79.2 Å². The predicted molar refractivity (Wildman–Crippen MR) is 81.8 cm³/mol. The third kappa shape index (κ3) is 3.95. The molecule has 1 aromatic rings. The first-order valence-corrected chi connectivity index (χ1v) is 7.25. The summed E-state index contributed by atoms with van der Waals surface area (Å²) in [5, 5.41) is 12.0. The molecule has 1 aliphatic carbocycles. The summed E-state index contributed by atoms with van der Waals surface area (Å²) in [5.41, 5.74) is 1.18. The number of nitrogens with zero attached hydrogens (tertiary/aromatic N) is 1. The molecule has 0 saturated heterocycles. The Morgan fingerprint density at radius 2 is 1.91 bits per heavy atom. The van der Waals surface area contributed by atoms with Gasteiger partial charge >= 0.3 is 5.97 Å². The molecule has 2 rings (SSSR count). The van der Waals surface area contributed by atoms with Gasteiger partial charge in [-0.25, -0.2) is 4.79 Å². The van der Waals surface area contributed by atoms with Crippen LogP contribution in [0.5, 0.6) is 0 Å². The van der Waals surface area contributed by atoms with E-state index in [0.29, 0.717) is 11.1 Å². The highest BCUT2D eigenvalue weighted by atomic mass is 16.5. The lowest BCUT2D eigenvalue weighted by molar-refractivity contribution is -0.117. The molecule has 0 bridgehead atoms. The maximum atomic E-state index is 12.1. The molecule has 0 radical (unpaired) electrons. The van der Waals surface area contributed by atoms with E-state index in [1.165, 1.54) is 13.2 Å². The average Bonchev–Trinajstić information content (AvgIpc) is 3.05. The van der Waals surface area contributed by atoms with Crippen molar-refractivity contribution in [3.63, 3.8) is 0 Å². The van der Waals surface area contributed by atoms with Crippen molar-refractivity contribution in [1.82, 2.24) is 5.32 Å². The van der Waals surface area contributed by atoms with Gasteiger partial charge in [0, 0.05) is 6.04 Å². The van der Waals surface area contributed by atoms with E-state index in [1.54, 1.807) is 24.3 Å². The van der Waals surface area contributed by atoms with Crippen LogP contribution in [0, 0.1) is 11.3 Å².